The number of carbonyl (C=O) groups is 1. The maximum atomic E-state index is 12.3. The van der Waals surface area contributed by atoms with Gasteiger partial charge >= 0.3 is 0 Å². The normalized spacial score (nSPS) is 26.3. The Morgan fingerprint density at radius 2 is 2.13 bits per heavy atom. The quantitative estimate of drug-likeness (QED) is 0.881. The summed E-state index contributed by atoms with van der Waals surface area (Å²) in [6.45, 7) is -0.215. The third kappa shape index (κ3) is 3.80. The Labute approximate surface area is 142 Å². The monoisotopic (exact) mass is 356 g/mol. The van der Waals surface area contributed by atoms with Crippen molar-refractivity contribution in [2.75, 3.05) is 17.1 Å². The van der Waals surface area contributed by atoms with Crippen molar-refractivity contribution in [1.29, 1.82) is 0 Å². The Balaban J connectivity index is 1.70. The van der Waals surface area contributed by atoms with Gasteiger partial charge in [-0.25, -0.2) is 8.42 Å². The molecule has 1 N–H and O–H groups in total. The zero-order valence-electron chi connectivity index (χ0n) is 13.0. The predicted octanol–water partition coefficient (Wildman–Crippen LogP) is 2.41. The lowest BCUT2D eigenvalue weighted by Gasteiger charge is -2.26. The van der Waals surface area contributed by atoms with Crippen molar-refractivity contribution in [3.63, 3.8) is 0 Å². The summed E-state index contributed by atoms with van der Waals surface area (Å²) in [6, 6.07) is 6.72. The first-order valence-corrected chi connectivity index (χ1v) is 10.1. The molecule has 2 aliphatic carbocycles. The van der Waals surface area contributed by atoms with Crippen LogP contribution in [0.2, 0.25) is 5.02 Å². The van der Waals surface area contributed by atoms with Gasteiger partial charge in [-0.3, -0.25) is 9.10 Å². The minimum absolute atomic E-state index is 0.196. The molecule has 2 saturated carbocycles. The Hall–Kier alpha value is -1.27. The van der Waals surface area contributed by atoms with Crippen LogP contribution in [0.5, 0.6) is 0 Å². The Morgan fingerprint density at radius 3 is 2.70 bits per heavy atom. The van der Waals surface area contributed by atoms with Gasteiger partial charge < -0.3 is 5.32 Å². The third-order valence-corrected chi connectivity index (χ3v) is 6.24. The van der Waals surface area contributed by atoms with E-state index in [2.05, 4.69) is 5.32 Å². The van der Waals surface area contributed by atoms with Crippen LogP contribution >= 0.6 is 11.6 Å². The lowest BCUT2D eigenvalue weighted by atomic mass is 9.95. The summed E-state index contributed by atoms with van der Waals surface area (Å²) in [5.41, 5.74) is 0.406. The minimum atomic E-state index is -3.56. The first-order valence-electron chi connectivity index (χ1n) is 7.85. The number of nitrogens with zero attached hydrogens (tertiary/aromatic N) is 1. The molecule has 5 nitrogen and oxygen atoms in total. The number of sulfonamides is 1. The van der Waals surface area contributed by atoms with Crippen LogP contribution in [0.3, 0.4) is 0 Å². The molecule has 3 unspecified atom stereocenters. The fraction of sp³-hybridized carbons (Fsp3) is 0.562. The highest BCUT2D eigenvalue weighted by Gasteiger charge is 2.40. The van der Waals surface area contributed by atoms with Gasteiger partial charge in [0.15, 0.2) is 0 Å². The Morgan fingerprint density at radius 1 is 1.35 bits per heavy atom. The van der Waals surface area contributed by atoms with E-state index in [0.29, 0.717) is 16.6 Å². The highest BCUT2D eigenvalue weighted by Crippen LogP contribution is 2.44. The molecule has 2 aliphatic rings. The van der Waals surface area contributed by atoms with E-state index in [1.165, 1.54) is 19.3 Å². The number of nitrogens with one attached hydrogen (secondary N) is 1. The first-order chi connectivity index (χ1) is 10.8. The molecule has 2 fully saturated rings. The van der Waals surface area contributed by atoms with Gasteiger partial charge in [0.2, 0.25) is 15.9 Å². The molecule has 7 heteroatoms. The number of carbonyl (C=O) groups excluding carboxylic acids is 1. The average Bonchev–Trinajstić information content (AvgIpc) is 3.06. The van der Waals surface area contributed by atoms with E-state index in [1.54, 1.807) is 24.3 Å². The number of anilines is 1. The molecule has 0 saturated heterocycles. The number of rotatable bonds is 5. The molecule has 0 radical (unpaired) electrons. The van der Waals surface area contributed by atoms with Crippen LogP contribution in [0, 0.1) is 11.8 Å². The van der Waals surface area contributed by atoms with Crippen LogP contribution in [0.1, 0.15) is 25.7 Å². The molecule has 1 aromatic carbocycles. The van der Waals surface area contributed by atoms with Gasteiger partial charge in [-0.05, 0) is 49.3 Å². The van der Waals surface area contributed by atoms with Crippen LogP contribution < -0.4 is 9.62 Å². The summed E-state index contributed by atoms with van der Waals surface area (Å²) in [4.78, 5) is 12.3. The van der Waals surface area contributed by atoms with E-state index in [9.17, 15) is 13.2 Å². The van der Waals surface area contributed by atoms with E-state index in [-0.39, 0.29) is 18.5 Å². The average molecular weight is 357 g/mol. The van der Waals surface area contributed by atoms with Crippen molar-refractivity contribution >= 4 is 33.2 Å². The summed E-state index contributed by atoms with van der Waals surface area (Å²) in [7, 11) is -3.56. The largest absolute Gasteiger partial charge is 0.352 e. The van der Waals surface area contributed by atoms with Crippen LogP contribution in [-0.2, 0) is 14.8 Å². The van der Waals surface area contributed by atoms with Crippen LogP contribution in [0.4, 0.5) is 5.69 Å². The van der Waals surface area contributed by atoms with Crippen molar-refractivity contribution in [1.82, 2.24) is 5.32 Å². The van der Waals surface area contributed by atoms with E-state index in [1.807, 2.05) is 0 Å². The summed E-state index contributed by atoms with van der Waals surface area (Å²) >= 11 is 5.93. The van der Waals surface area contributed by atoms with Gasteiger partial charge in [0.05, 0.1) is 11.9 Å². The second-order valence-corrected chi connectivity index (χ2v) is 8.94. The van der Waals surface area contributed by atoms with Crippen molar-refractivity contribution in [2.24, 2.45) is 11.8 Å². The molecule has 0 aliphatic heterocycles. The van der Waals surface area contributed by atoms with Crippen molar-refractivity contribution in [3.05, 3.63) is 29.3 Å². The van der Waals surface area contributed by atoms with Gasteiger partial charge in [-0.15, -0.1) is 0 Å². The summed E-state index contributed by atoms with van der Waals surface area (Å²) in [5.74, 6) is 1.03. The predicted molar refractivity (Wildman–Crippen MR) is 91.0 cm³/mol. The van der Waals surface area contributed by atoms with Gasteiger partial charge in [-0.2, -0.15) is 0 Å². The smallest absolute Gasteiger partial charge is 0.241 e. The number of fused-ring (bicyclic) bond motifs is 2. The Kier molecular flexibility index (Phi) is 4.56. The molecule has 0 spiro atoms. The second kappa shape index (κ2) is 6.32. The van der Waals surface area contributed by atoms with Crippen molar-refractivity contribution in [2.45, 2.75) is 31.7 Å². The second-order valence-electron chi connectivity index (χ2n) is 6.60. The van der Waals surface area contributed by atoms with E-state index in [4.69, 9.17) is 11.6 Å². The molecule has 0 aromatic heterocycles. The van der Waals surface area contributed by atoms with E-state index < -0.39 is 10.0 Å². The molecular formula is C16H21ClN2O3S. The number of benzene rings is 1. The molecule has 2 bridgehead atoms. The number of hydrogen-bond donors (Lipinski definition) is 1. The number of halogens is 1. The molecule has 3 atom stereocenters. The fourth-order valence-corrected chi connectivity index (χ4v) is 4.87. The summed E-state index contributed by atoms with van der Waals surface area (Å²) < 4.78 is 25.2. The third-order valence-electron chi connectivity index (χ3n) is 4.87. The van der Waals surface area contributed by atoms with Gasteiger partial charge in [0.25, 0.3) is 0 Å². The van der Waals surface area contributed by atoms with Gasteiger partial charge in [0.1, 0.15) is 6.54 Å². The standard InChI is InChI=1S/C16H21ClN2O3S/c1-23(21,22)19(14-4-2-3-13(17)9-14)10-16(20)18-15-8-11-5-6-12(15)7-11/h2-4,9,11-12,15H,5-8,10H2,1H3,(H,18,20). The van der Waals surface area contributed by atoms with Crippen LogP contribution in [0.25, 0.3) is 0 Å². The zero-order valence-corrected chi connectivity index (χ0v) is 14.6. The highest BCUT2D eigenvalue weighted by atomic mass is 35.5. The number of hydrogen-bond acceptors (Lipinski definition) is 3. The molecule has 126 valence electrons. The topological polar surface area (TPSA) is 66.5 Å². The fourth-order valence-electron chi connectivity index (χ4n) is 3.84. The minimum Gasteiger partial charge on any atom is -0.352 e. The van der Waals surface area contributed by atoms with Gasteiger partial charge in [-0.1, -0.05) is 24.1 Å². The summed E-state index contributed by atoms with van der Waals surface area (Å²) in [6.07, 6.45) is 5.73. The lowest BCUT2D eigenvalue weighted by Crippen LogP contribution is -2.45. The maximum Gasteiger partial charge on any atom is 0.241 e. The van der Waals surface area contributed by atoms with Crippen molar-refractivity contribution in [3.8, 4) is 0 Å². The number of amides is 1. The van der Waals surface area contributed by atoms with Crippen LogP contribution in [0.15, 0.2) is 24.3 Å². The van der Waals surface area contributed by atoms with Gasteiger partial charge in [0, 0.05) is 11.1 Å². The highest BCUT2D eigenvalue weighted by molar-refractivity contribution is 7.92. The van der Waals surface area contributed by atoms with Crippen LogP contribution in [-0.4, -0.2) is 33.2 Å². The summed E-state index contributed by atoms with van der Waals surface area (Å²) in [5, 5.41) is 3.45. The maximum absolute atomic E-state index is 12.3. The molecule has 3 rings (SSSR count). The molecule has 1 aromatic rings. The molecular weight excluding hydrogens is 336 g/mol. The van der Waals surface area contributed by atoms with E-state index in [0.717, 1.165) is 22.9 Å². The molecule has 23 heavy (non-hydrogen) atoms. The van der Waals surface area contributed by atoms with Crippen molar-refractivity contribution < 1.29 is 13.2 Å². The Bertz CT molecular complexity index is 707. The first kappa shape index (κ1) is 16.6. The van der Waals surface area contributed by atoms with E-state index >= 15 is 0 Å². The zero-order chi connectivity index (χ0) is 16.6. The lowest BCUT2D eigenvalue weighted by molar-refractivity contribution is -0.120. The SMILES string of the molecule is CS(=O)(=O)N(CC(=O)NC1CC2CCC1C2)c1cccc(Cl)c1. The molecule has 0 heterocycles. The molecule has 1 amide bonds.